The molecule has 4 aromatic rings. The molecule has 0 spiro atoms. The molecule has 3 aromatic heterocycles. The van der Waals surface area contributed by atoms with Crippen LogP contribution in [0.5, 0.6) is 0 Å². The Labute approximate surface area is 204 Å². The van der Waals surface area contributed by atoms with E-state index in [4.69, 9.17) is 4.42 Å². The van der Waals surface area contributed by atoms with Crippen molar-refractivity contribution in [3.05, 3.63) is 95.0 Å². The molecule has 184 valence electrons. The van der Waals surface area contributed by atoms with Crippen molar-refractivity contribution >= 4 is 16.6 Å². The number of alkyl halides is 3. The van der Waals surface area contributed by atoms with Gasteiger partial charge in [-0.05, 0) is 44.9 Å². The van der Waals surface area contributed by atoms with Gasteiger partial charge in [0.25, 0.3) is 0 Å². The first-order valence-corrected chi connectivity index (χ1v) is 11.4. The molecular weight excluding hydrogens is 469 g/mol. The molecule has 0 unspecified atom stereocenters. The minimum Gasteiger partial charge on any atom is -0.434 e. The largest absolute Gasteiger partial charge is 0.434 e. The molecule has 0 saturated heterocycles. The van der Waals surface area contributed by atoms with Crippen molar-refractivity contribution in [2.24, 2.45) is 0 Å². The molecule has 0 aliphatic heterocycles. The highest BCUT2D eigenvalue weighted by atomic mass is 19.4. The monoisotopic (exact) mass is 492 g/mol. The third-order valence-corrected chi connectivity index (χ3v) is 6.01. The number of hydrogen-bond acceptors (Lipinski definition) is 4. The Morgan fingerprint density at radius 2 is 1.86 bits per heavy atom. The first kappa shape index (κ1) is 23.6. The summed E-state index contributed by atoms with van der Waals surface area (Å²) < 4.78 is 48.6. The molecule has 36 heavy (non-hydrogen) atoms. The maximum Gasteiger partial charge on any atom is 0.416 e. The minimum atomic E-state index is -4.47. The standard InChI is InChI=1S/C27H23F3N4O2/c1-4-5-16(2)14-17(3)25-31-24(22(36-25)18-6-8-20(9-7-18)27(28,29)30)34-15-19-12-13-33(21-10-11-21)23(19)32-26(34)35/h4-9,12-15,21H,1,10-11H2,2-3H3/b16-5-,17-14+. The topological polar surface area (TPSA) is 65.8 Å². The number of nitrogens with zero attached hydrogens (tertiary/aromatic N) is 4. The van der Waals surface area contributed by atoms with E-state index in [-0.39, 0.29) is 17.5 Å². The number of halogens is 3. The Morgan fingerprint density at radius 3 is 2.50 bits per heavy atom. The summed E-state index contributed by atoms with van der Waals surface area (Å²) in [4.78, 5) is 22.0. The third-order valence-electron chi connectivity index (χ3n) is 6.01. The van der Waals surface area contributed by atoms with Gasteiger partial charge in [0.15, 0.2) is 11.6 Å². The molecule has 5 rings (SSSR count). The smallest absolute Gasteiger partial charge is 0.416 e. The van der Waals surface area contributed by atoms with Crippen molar-refractivity contribution in [1.82, 2.24) is 19.1 Å². The van der Waals surface area contributed by atoms with Crippen LogP contribution >= 0.6 is 0 Å². The molecule has 3 heterocycles. The number of benzene rings is 1. The van der Waals surface area contributed by atoms with E-state index in [1.165, 1.54) is 16.7 Å². The zero-order chi connectivity index (χ0) is 25.6. The van der Waals surface area contributed by atoms with Crippen molar-refractivity contribution in [2.45, 2.75) is 38.9 Å². The maximum atomic E-state index is 13.1. The van der Waals surface area contributed by atoms with Gasteiger partial charge >= 0.3 is 11.9 Å². The van der Waals surface area contributed by atoms with Gasteiger partial charge in [-0.1, -0.05) is 42.5 Å². The van der Waals surface area contributed by atoms with Crippen molar-refractivity contribution in [2.75, 3.05) is 0 Å². The van der Waals surface area contributed by atoms with Crippen molar-refractivity contribution in [3.8, 4) is 17.1 Å². The Kier molecular flexibility index (Phi) is 5.78. The zero-order valence-corrected chi connectivity index (χ0v) is 19.7. The Bertz CT molecular complexity index is 1580. The van der Waals surface area contributed by atoms with Crippen LogP contribution in [0.15, 0.2) is 82.3 Å². The highest BCUT2D eigenvalue weighted by Crippen LogP contribution is 2.37. The van der Waals surface area contributed by atoms with Gasteiger partial charge < -0.3 is 8.98 Å². The third kappa shape index (κ3) is 4.44. The Hall–Kier alpha value is -4.14. The predicted octanol–water partition coefficient (Wildman–Crippen LogP) is 6.73. The molecule has 1 saturated carbocycles. The van der Waals surface area contributed by atoms with Crippen LogP contribution in [0.25, 0.3) is 33.7 Å². The second-order valence-corrected chi connectivity index (χ2v) is 8.85. The Morgan fingerprint density at radius 1 is 1.14 bits per heavy atom. The summed E-state index contributed by atoms with van der Waals surface area (Å²) in [5, 5.41) is 0.751. The zero-order valence-electron chi connectivity index (χ0n) is 19.7. The summed E-state index contributed by atoms with van der Waals surface area (Å²) in [6.07, 6.45) is 6.48. The van der Waals surface area contributed by atoms with E-state index in [1.807, 2.05) is 35.9 Å². The highest BCUT2D eigenvalue weighted by Gasteiger charge is 2.31. The Balaban J connectivity index is 1.67. The van der Waals surface area contributed by atoms with Gasteiger partial charge in [-0.15, -0.1) is 0 Å². The molecule has 6 nitrogen and oxygen atoms in total. The lowest BCUT2D eigenvalue weighted by atomic mass is 10.1. The summed E-state index contributed by atoms with van der Waals surface area (Å²) >= 11 is 0. The molecule has 0 radical (unpaired) electrons. The molecular formula is C27H23F3N4O2. The summed E-state index contributed by atoms with van der Waals surface area (Å²) in [5.41, 5.74) is 1.19. The van der Waals surface area contributed by atoms with Gasteiger partial charge in [0.2, 0.25) is 5.89 Å². The fourth-order valence-electron chi connectivity index (χ4n) is 4.10. The summed E-state index contributed by atoms with van der Waals surface area (Å²) in [7, 11) is 0. The van der Waals surface area contributed by atoms with Crippen molar-refractivity contribution in [3.63, 3.8) is 0 Å². The van der Waals surface area contributed by atoms with Gasteiger partial charge in [0.05, 0.1) is 5.56 Å². The average Bonchev–Trinajstić information content (AvgIpc) is 3.43. The van der Waals surface area contributed by atoms with E-state index in [2.05, 4.69) is 16.5 Å². The second-order valence-electron chi connectivity index (χ2n) is 8.85. The molecule has 0 bridgehead atoms. The lowest BCUT2D eigenvalue weighted by Gasteiger charge is -2.08. The van der Waals surface area contributed by atoms with Crippen LogP contribution < -0.4 is 5.69 Å². The molecule has 0 N–H and O–H groups in total. The SMILES string of the molecule is C=C/C=C(C)\C=C(/C)c1nc(-n2cc3ccn(C4CC4)c3nc2=O)c(-c2ccc(C(F)(F)F)cc2)o1. The van der Waals surface area contributed by atoms with Crippen LogP contribution in [-0.2, 0) is 6.18 Å². The molecule has 1 aromatic carbocycles. The number of allylic oxidation sites excluding steroid dienone is 5. The number of hydrogen-bond donors (Lipinski definition) is 0. The predicted molar refractivity (Wildman–Crippen MR) is 132 cm³/mol. The van der Waals surface area contributed by atoms with E-state index in [0.717, 1.165) is 35.9 Å². The first-order valence-electron chi connectivity index (χ1n) is 11.4. The maximum absolute atomic E-state index is 13.1. The number of aromatic nitrogens is 4. The highest BCUT2D eigenvalue weighted by molar-refractivity contribution is 5.77. The second kappa shape index (κ2) is 8.82. The van der Waals surface area contributed by atoms with Crippen LogP contribution in [0.4, 0.5) is 13.2 Å². The van der Waals surface area contributed by atoms with Gasteiger partial charge in [-0.2, -0.15) is 23.1 Å². The van der Waals surface area contributed by atoms with E-state index in [9.17, 15) is 18.0 Å². The normalized spacial score (nSPS) is 15.0. The van der Waals surface area contributed by atoms with Gasteiger partial charge in [0, 0.05) is 35.0 Å². The van der Waals surface area contributed by atoms with E-state index in [0.29, 0.717) is 22.8 Å². The number of oxazole rings is 1. The summed E-state index contributed by atoms with van der Waals surface area (Å²) in [5.74, 6) is 0.558. The lowest BCUT2D eigenvalue weighted by Crippen LogP contribution is -2.22. The molecule has 0 amide bonds. The van der Waals surface area contributed by atoms with E-state index in [1.54, 1.807) is 19.2 Å². The van der Waals surface area contributed by atoms with Gasteiger partial charge in [-0.3, -0.25) is 0 Å². The minimum absolute atomic E-state index is 0.154. The lowest BCUT2D eigenvalue weighted by molar-refractivity contribution is -0.137. The van der Waals surface area contributed by atoms with Crippen molar-refractivity contribution in [1.29, 1.82) is 0 Å². The number of fused-ring (bicyclic) bond motifs is 1. The fourth-order valence-corrected chi connectivity index (χ4v) is 4.10. The summed E-state index contributed by atoms with van der Waals surface area (Å²) in [6, 6.07) is 6.79. The fraction of sp³-hybridized carbons (Fsp3) is 0.222. The molecule has 0 atom stereocenters. The van der Waals surface area contributed by atoms with Crippen LogP contribution in [0.1, 0.15) is 44.2 Å². The quantitative estimate of drug-likeness (QED) is 0.280. The average molecular weight is 493 g/mol. The van der Waals surface area contributed by atoms with Gasteiger partial charge in [-0.25, -0.2) is 9.36 Å². The van der Waals surface area contributed by atoms with Crippen LogP contribution in [0.3, 0.4) is 0 Å². The van der Waals surface area contributed by atoms with Crippen LogP contribution in [0.2, 0.25) is 0 Å². The van der Waals surface area contributed by atoms with E-state index >= 15 is 0 Å². The van der Waals surface area contributed by atoms with Crippen molar-refractivity contribution < 1.29 is 17.6 Å². The molecule has 1 aliphatic rings. The van der Waals surface area contributed by atoms with Crippen LogP contribution in [0, 0.1) is 0 Å². The first-order chi connectivity index (χ1) is 17.2. The van der Waals surface area contributed by atoms with E-state index < -0.39 is 17.4 Å². The summed E-state index contributed by atoms with van der Waals surface area (Å²) in [6.45, 7) is 7.37. The number of rotatable bonds is 6. The molecule has 9 heteroatoms. The molecule has 1 aliphatic carbocycles. The molecule has 1 fully saturated rings. The van der Waals surface area contributed by atoms with Crippen LogP contribution in [-0.4, -0.2) is 19.1 Å². The van der Waals surface area contributed by atoms with Gasteiger partial charge in [0.1, 0.15) is 5.65 Å².